The number of rotatable bonds is 7. The van der Waals surface area contributed by atoms with Crippen molar-refractivity contribution in [2.75, 3.05) is 5.32 Å². The maximum absolute atomic E-state index is 11.9. The Morgan fingerprint density at radius 2 is 1.89 bits per heavy atom. The standard InChI is InChI=1S/C19H20N4O5/c1-2-3-4-13-5-7-15(8-6-13)21-18(25)19(26)22-20-12-14-11-16(23(27)28)9-10-17(14)24/h5-12,24H,2-4H2,1H3,(H,21,25)(H,22,26)/b20-12-. The van der Waals surface area contributed by atoms with E-state index in [0.717, 1.165) is 49.2 Å². The van der Waals surface area contributed by atoms with E-state index in [-0.39, 0.29) is 17.0 Å². The first kappa shape index (κ1) is 20.6. The van der Waals surface area contributed by atoms with Crippen LogP contribution in [-0.2, 0) is 16.0 Å². The highest BCUT2D eigenvalue weighted by atomic mass is 16.6. The molecule has 2 rings (SSSR count). The lowest BCUT2D eigenvalue weighted by Gasteiger charge is -2.05. The number of carbonyl (C=O) groups is 2. The molecule has 0 saturated heterocycles. The minimum Gasteiger partial charge on any atom is -0.507 e. The molecule has 0 aromatic heterocycles. The summed E-state index contributed by atoms with van der Waals surface area (Å²) in [5.41, 5.74) is 3.40. The average Bonchev–Trinajstić information content (AvgIpc) is 2.68. The van der Waals surface area contributed by atoms with E-state index in [2.05, 4.69) is 17.3 Å². The number of anilines is 1. The molecule has 3 N–H and O–H groups in total. The van der Waals surface area contributed by atoms with Crippen LogP contribution in [0.2, 0.25) is 0 Å². The Labute approximate surface area is 161 Å². The Bertz CT molecular complexity index is 894. The van der Waals surface area contributed by atoms with Gasteiger partial charge in [0.15, 0.2) is 0 Å². The number of carbonyl (C=O) groups excluding carboxylic acids is 2. The van der Waals surface area contributed by atoms with Crippen molar-refractivity contribution < 1.29 is 19.6 Å². The molecule has 9 heteroatoms. The van der Waals surface area contributed by atoms with Crippen LogP contribution in [0.4, 0.5) is 11.4 Å². The molecule has 9 nitrogen and oxygen atoms in total. The molecule has 28 heavy (non-hydrogen) atoms. The van der Waals surface area contributed by atoms with Crippen LogP contribution in [0.15, 0.2) is 47.6 Å². The summed E-state index contributed by atoms with van der Waals surface area (Å²) in [6, 6.07) is 10.5. The number of benzene rings is 2. The largest absolute Gasteiger partial charge is 0.507 e. The third kappa shape index (κ3) is 5.90. The van der Waals surface area contributed by atoms with Crippen LogP contribution in [0.5, 0.6) is 5.75 Å². The minimum atomic E-state index is -1.02. The van der Waals surface area contributed by atoms with Gasteiger partial charge in [-0.1, -0.05) is 25.5 Å². The van der Waals surface area contributed by atoms with Crippen LogP contribution in [0.3, 0.4) is 0 Å². The number of nitro benzene ring substituents is 1. The summed E-state index contributed by atoms with van der Waals surface area (Å²) >= 11 is 0. The third-order valence-corrected chi connectivity index (χ3v) is 3.83. The van der Waals surface area contributed by atoms with Gasteiger partial charge in [0, 0.05) is 23.4 Å². The molecule has 146 valence electrons. The molecule has 2 aromatic rings. The Balaban J connectivity index is 1.92. The molecular formula is C19H20N4O5. The highest BCUT2D eigenvalue weighted by Gasteiger charge is 2.13. The first-order valence-electron chi connectivity index (χ1n) is 8.61. The van der Waals surface area contributed by atoms with Gasteiger partial charge in [-0.15, -0.1) is 0 Å². The normalized spacial score (nSPS) is 10.6. The number of nitrogens with zero attached hydrogens (tertiary/aromatic N) is 2. The van der Waals surface area contributed by atoms with E-state index in [1.165, 1.54) is 0 Å². The number of amides is 2. The van der Waals surface area contributed by atoms with Gasteiger partial charge >= 0.3 is 11.8 Å². The number of hydrazone groups is 1. The second-order valence-electron chi connectivity index (χ2n) is 5.95. The van der Waals surface area contributed by atoms with Gasteiger partial charge < -0.3 is 10.4 Å². The first-order chi connectivity index (χ1) is 13.4. The SMILES string of the molecule is CCCCc1ccc(NC(=O)C(=O)N/N=C\c2cc([N+](=O)[O-])ccc2O)cc1. The van der Waals surface area contributed by atoms with Crippen LogP contribution in [0.25, 0.3) is 0 Å². The predicted octanol–water partition coefficient (Wildman–Crippen LogP) is 2.73. The second-order valence-corrected chi connectivity index (χ2v) is 5.95. The van der Waals surface area contributed by atoms with Gasteiger partial charge in [-0.2, -0.15) is 5.10 Å². The molecule has 0 heterocycles. The number of aryl methyl sites for hydroxylation is 1. The van der Waals surface area contributed by atoms with Gasteiger partial charge in [0.2, 0.25) is 0 Å². The number of phenolic OH excluding ortho intramolecular Hbond substituents is 1. The number of aromatic hydroxyl groups is 1. The molecular weight excluding hydrogens is 364 g/mol. The van der Waals surface area contributed by atoms with E-state index in [9.17, 15) is 24.8 Å². The van der Waals surface area contributed by atoms with Crippen LogP contribution in [0.1, 0.15) is 30.9 Å². The number of unbranched alkanes of at least 4 members (excludes halogenated alkanes) is 1. The van der Waals surface area contributed by atoms with Crippen molar-refractivity contribution in [1.82, 2.24) is 5.43 Å². The van der Waals surface area contributed by atoms with Crippen molar-refractivity contribution in [2.24, 2.45) is 5.10 Å². The van der Waals surface area contributed by atoms with E-state index in [1.54, 1.807) is 12.1 Å². The number of hydrogen-bond acceptors (Lipinski definition) is 6. The zero-order valence-corrected chi connectivity index (χ0v) is 15.2. The van der Waals surface area contributed by atoms with Gasteiger partial charge in [-0.3, -0.25) is 19.7 Å². The summed E-state index contributed by atoms with van der Waals surface area (Å²) in [4.78, 5) is 33.8. The number of nitrogens with one attached hydrogen (secondary N) is 2. The molecule has 0 fully saturated rings. The number of phenols is 1. The Morgan fingerprint density at radius 1 is 1.18 bits per heavy atom. The molecule has 0 bridgehead atoms. The zero-order valence-electron chi connectivity index (χ0n) is 15.2. The predicted molar refractivity (Wildman–Crippen MR) is 104 cm³/mol. The zero-order chi connectivity index (χ0) is 20.5. The van der Waals surface area contributed by atoms with Crippen molar-refractivity contribution in [3.8, 4) is 5.75 Å². The van der Waals surface area contributed by atoms with E-state index in [4.69, 9.17) is 0 Å². The van der Waals surface area contributed by atoms with Crippen molar-refractivity contribution in [1.29, 1.82) is 0 Å². The molecule has 0 radical (unpaired) electrons. The first-order valence-corrected chi connectivity index (χ1v) is 8.61. The van der Waals surface area contributed by atoms with E-state index < -0.39 is 16.7 Å². The minimum absolute atomic E-state index is 0.0255. The van der Waals surface area contributed by atoms with E-state index >= 15 is 0 Å². The van der Waals surface area contributed by atoms with Gasteiger partial charge in [0.25, 0.3) is 5.69 Å². The van der Waals surface area contributed by atoms with Crippen LogP contribution >= 0.6 is 0 Å². The molecule has 0 aliphatic carbocycles. The smallest absolute Gasteiger partial charge is 0.329 e. The van der Waals surface area contributed by atoms with Crippen LogP contribution < -0.4 is 10.7 Å². The molecule has 0 aliphatic rings. The summed E-state index contributed by atoms with van der Waals surface area (Å²) in [6.45, 7) is 2.11. The molecule has 2 aromatic carbocycles. The summed E-state index contributed by atoms with van der Waals surface area (Å²) < 4.78 is 0. The van der Waals surface area contributed by atoms with Crippen molar-refractivity contribution in [3.63, 3.8) is 0 Å². The summed E-state index contributed by atoms with van der Waals surface area (Å²) in [6.07, 6.45) is 4.12. The van der Waals surface area contributed by atoms with E-state index in [0.29, 0.717) is 5.69 Å². The van der Waals surface area contributed by atoms with Gasteiger partial charge in [0.05, 0.1) is 11.1 Å². The van der Waals surface area contributed by atoms with Crippen molar-refractivity contribution in [3.05, 3.63) is 63.7 Å². The quantitative estimate of drug-likeness (QED) is 0.292. The second kappa shape index (κ2) is 9.81. The lowest BCUT2D eigenvalue weighted by Crippen LogP contribution is -2.32. The Hall–Kier alpha value is -3.75. The van der Waals surface area contributed by atoms with Gasteiger partial charge in [0.1, 0.15) is 5.75 Å². The summed E-state index contributed by atoms with van der Waals surface area (Å²) in [5.74, 6) is -2.19. The Morgan fingerprint density at radius 3 is 2.54 bits per heavy atom. The molecule has 2 amide bonds. The maximum atomic E-state index is 11.9. The van der Waals surface area contributed by atoms with E-state index in [1.807, 2.05) is 17.6 Å². The van der Waals surface area contributed by atoms with Crippen molar-refractivity contribution >= 4 is 29.4 Å². The lowest BCUT2D eigenvalue weighted by atomic mass is 10.1. The average molecular weight is 384 g/mol. The van der Waals surface area contributed by atoms with Gasteiger partial charge in [-0.25, -0.2) is 5.43 Å². The molecule has 0 atom stereocenters. The molecule has 0 spiro atoms. The maximum Gasteiger partial charge on any atom is 0.329 e. The number of nitro groups is 1. The summed E-state index contributed by atoms with van der Waals surface area (Å²) in [7, 11) is 0. The highest BCUT2D eigenvalue weighted by molar-refractivity contribution is 6.39. The van der Waals surface area contributed by atoms with Crippen molar-refractivity contribution in [2.45, 2.75) is 26.2 Å². The summed E-state index contributed by atoms with van der Waals surface area (Å²) in [5, 5.41) is 26.4. The fourth-order valence-electron chi connectivity index (χ4n) is 2.29. The molecule has 0 unspecified atom stereocenters. The van der Waals surface area contributed by atoms with Gasteiger partial charge in [-0.05, 0) is 36.6 Å². The number of non-ortho nitro benzene ring substituents is 1. The van der Waals surface area contributed by atoms with Crippen LogP contribution in [0, 0.1) is 10.1 Å². The topological polar surface area (TPSA) is 134 Å². The third-order valence-electron chi connectivity index (χ3n) is 3.83. The lowest BCUT2D eigenvalue weighted by molar-refractivity contribution is -0.384. The highest BCUT2D eigenvalue weighted by Crippen LogP contribution is 2.21. The number of hydrogen-bond donors (Lipinski definition) is 3. The Kier molecular flexibility index (Phi) is 7.21. The monoisotopic (exact) mass is 384 g/mol. The fourth-order valence-corrected chi connectivity index (χ4v) is 2.29. The fraction of sp³-hybridized carbons (Fsp3) is 0.211. The molecule has 0 saturated carbocycles. The molecule has 0 aliphatic heterocycles. The van der Waals surface area contributed by atoms with Crippen LogP contribution in [-0.4, -0.2) is 28.1 Å².